The molecule has 3 aliphatic rings. The summed E-state index contributed by atoms with van der Waals surface area (Å²) in [5.41, 5.74) is 5.11. The maximum Gasteiger partial charge on any atom is 0.475 e. The Morgan fingerprint density at radius 1 is 1.21 bits per heavy atom. The van der Waals surface area contributed by atoms with Gasteiger partial charge in [-0.05, 0) is 24.6 Å². The Morgan fingerprint density at radius 2 is 2.00 bits per heavy atom. The van der Waals surface area contributed by atoms with Crippen molar-refractivity contribution >= 4 is 34.8 Å². The van der Waals surface area contributed by atoms with Gasteiger partial charge >= 0.3 is 7.82 Å². The summed E-state index contributed by atoms with van der Waals surface area (Å²) in [6.45, 7) is 2.09. The predicted octanol–water partition coefficient (Wildman–Crippen LogP) is 0.742. The molecule has 1 aromatic carbocycles. The van der Waals surface area contributed by atoms with E-state index >= 15 is 0 Å². The van der Waals surface area contributed by atoms with Crippen LogP contribution in [0.1, 0.15) is 31.2 Å². The Bertz CT molecular complexity index is 1610. The van der Waals surface area contributed by atoms with Crippen LogP contribution in [-0.4, -0.2) is 99.8 Å². The van der Waals surface area contributed by atoms with Crippen LogP contribution in [0.4, 0.5) is 5.82 Å². The molecule has 16 nitrogen and oxygen atoms in total. The summed E-state index contributed by atoms with van der Waals surface area (Å²) in [6.07, 6.45) is -1.62. The van der Waals surface area contributed by atoms with Gasteiger partial charge < -0.3 is 25.4 Å². The largest absolute Gasteiger partial charge is 0.475 e. The number of nitrogen functional groups attached to an aromatic ring is 1. The van der Waals surface area contributed by atoms with E-state index < -0.39 is 54.6 Å². The first kappa shape index (κ1) is 29.5. The van der Waals surface area contributed by atoms with Crippen LogP contribution in [0.5, 0.6) is 0 Å². The number of aromatic nitrogens is 4. The van der Waals surface area contributed by atoms with Gasteiger partial charge in [0.15, 0.2) is 17.7 Å². The van der Waals surface area contributed by atoms with E-state index in [4.69, 9.17) is 28.8 Å². The van der Waals surface area contributed by atoms with Gasteiger partial charge in [-0.2, -0.15) is 4.31 Å². The number of nitrogens with two attached hydrogens (primary N) is 1. The molecule has 0 bridgehead atoms. The molecule has 228 valence electrons. The molecule has 3 aliphatic heterocycles. The van der Waals surface area contributed by atoms with Gasteiger partial charge in [0.05, 0.1) is 43.8 Å². The topological polar surface area (TPSA) is 211 Å². The van der Waals surface area contributed by atoms with Crippen LogP contribution < -0.4 is 5.73 Å². The molecule has 3 aromatic rings. The SMILES string of the molecule is C[C@@]1(O)[C@H](O)[C@@H](COP2(=O)OCCC(c3cccc(S(=O)(=O)N4CCOCC4)c3)O2)O[C@H]1n1cnc2c(N)ncnc21. The number of aliphatic hydroxyl groups is 2. The molecule has 18 heteroatoms. The highest BCUT2D eigenvalue weighted by atomic mass is 32.2. The monoisotopic (exact) mass is 626 g/mol. The first-order chi connectivity index (χ1) is 20.0. The Balaban J connectivity index is 1.15. The summed E-state index contributed by atoms with van der Waals surface area (Å²) in [5.74, 6) is 0.139. The number of hydrogen-bond donors (Lipinski definition) is 3. The number of aliphatic hydroxyl groups excluding tert-OH is 1. The lowest BCUT2D eigenvalue weighted by atomic mass is 9.96. The number of nitrogens with zero attached hydrogens (tertiary/aromatic N) is 5. The van der Waals surface area contributed by atoms with Gasteiger partial charge in [-0.1, -0.05) is 12.1 Å². The minimum absolute atomic E-state index is 0.0129. The molecule has 0 saturated carbocycles. The van der Waals surface area contributed by atoms with E-state index in [0.29, 0.717) is 30.7 Å². The molecular weight excluding hydrogens is 595 g/mol. The van der Waals surface area contributed by atoms with Crippen molar-refractivity contribution in [3.05, 3.63) is 42.5 Å². The number of phosphoric ester groups is 1. The third-order valence-corrected chi connectivity index (χ3v) is 10.9. The van der Waals surface area contributed by atoms with Crippen LogP contribution in [0.15, 0.2) is 41.8 Å². The Morgan fingerprint density at radius 3 is 2.79 bits per heavy atom. The summed E-state index contributed by atoms with van der Waals surface area (Å²) in [5, 5.41) is 22.0. The van der Waals surface area contributed by atoms with E-state index in [-0.39, 0.29) is 36.1 Å². The van der Waals surface area contributed by atoms with Gasteiger partial charge in [-0.15, -0.1) is 0 Å². The van der Waals surface area contributed by atoms with Crippen LogP contribution >= 0.6 is 7.82 Å². The van der Waals surface area contributed by atoms with Crippen LogP contribution in [-0.2, 0) is 37.6 Å². The Hall–Kier alpha value is -2.57. The van der Waals surface area contributed by atoms with Gasteiger partial charge in [0.1, 0.15) is 29.7 Å². The standard InChI is InChI=1S/C24H31N6O10PS/c1-24(32)20(31)18(39-23(24)30-14-28-19-21(25)26-13-27-22(19)30)12-38-41(33)37-8-5-17(40-41)15-3-2-4-16(11-15)42(34,35)29-6-9-36-10-7-29/h2-4,11,13-14,17-18,20,23,31-32H,5-10,12H2,1H3,(H2,25,26,27)/t17?,18-,20-,23-,24-,41?/m1/s1. The number of fused-ring (bicyclic) bond motifs is 1. The first-order valence-electron chi connectivity index (χ1n) is 13.2. The highest BCUT2D eigenvalue weighted by Gasteiger charge is 2.54. The van der Waals surface area contributed by atoms with Crippen LogP contribution in [0, 0.1) is 0 Å². The fourth-order valence-corrected chi connectivity index (χ4v) is 8.06. The summed E-state index contributed by atoms with van der Waals surface area (Å²) in [4.78, 5) is 12.3. The number of anilines is 1. The number of ether oxygens (including phenoxy) is 2. The van der Waals surface area contributed by atoms with Crippen molar-refractivity contribution < 1.29 is 46.2 Å². The molecule has 3 saturated heterocycles. The smallest absolute Gasteiger partial charge is 0.387 e. The van der Waals surface area contributed by atoms with Gasteiger partial charge in [0.25, 0.3) is 0 Å². The molecule has 0 aliphatic carbocycles. The van der Waals surface area contributed by atoms with E-state index in [1.807, 2.05) is 0 Å². The molecule has 0 radical (unpaired) electrons. The molecule has 42 heavy (non-hydrogen) atoms. The minimum Gasteiger partial charge on any atom is -0.387 e. The lowest BCUT2D eigenvalue weighted by Gasteiger charge is -2.30. The van der Waals surface area contributed by atoms with Gasteiger partial charge in [-0.3, -0.25) is 18.1 Å². The summed E-state index contributed by atoms with van der Waals surface area (Å²) in [6, 6.07) is 6.25. The predicted molar refractivity (Wildman–Crippen MR) is 144 cm³/mol. The maximum atomic E-state index is 13.4. The van der Waals surface area contributed by atoms with E-state index in [1.165, 1.54) is 40.6 Å². The Labute approximate surface area is 241 Å². The number of phosphoric acid groups is 1. The van der Waals surface area contributed by atoms with Crippen molar-refractivity contribution in [1.29, 1.82) is 0 Å². The van der Waals surface area contributed by atoms with E-state index in [1.54, 1.807) is 12.1 Å². The average Bonchev–Trinajstić information content (AvgIpc) is 3.51. The minimum atomic E-state index is -4.17. The zero-order chi connectivity index (χ0) is 29.7. The molecule has 6 atom stereocenters. The second-order valence-corrected chi connectivity index (χ2v) is 13.9. The van der Waals surface area contributed by atoms with Gasteiger partial charge in [0, 0.05) is 19.5 Å². The molecule has 0 spiro atoms. The molecular formula is C24H31N6O10PS. The van der Waals surface area contributed by atoms with E-state index in [0.717, 1.165) is 0 Å². The van der Waals surface area contributed by atoms with E-state index in [9.17, 15) is 23.2 Å². The van der Waals surface area contributed by atoms with Crippen molar-refractivity contribution in [2.45, 2.75) is 48.4 Å². The summed E-state index contributed by atoms with van der Waals surface area (Å²) < 4.78 is 70.3. The fraction of sp³-hybridized carbons (Fsp3) is 0.542. The highest BCUT2D eigenvalue weighted by molar-refractivity contribution is 7.89. The summed E-state index contributed by atoms with van der Waals surface area (Å²) >= 11 is 0. The fourth-order valence-electron chi connectivity index (χ4n) is 5.20. The third kappa shape index (κ3) is 5.34. The van der Waals surface area contributed by atoms with Crippen LogP contribution in [0.3, 0.4) is 0 Å². The molecule has 4 N–H and O–H groups in total. The summed E-state index contributed by atoms with van der Waals surface area (Å²) in [7, 11) is -7.92. The zero-order valence-electron chi connectivity index (χ0n) is 22.6. The van der Waals surface area contributed by atoms with Gasteiger partial charge in [0.2, 0.25) is 10.0 Å². The first-order valence-corrected chi connectivity index (χ1v) is 16.1. The van der Waals surface area contributed by atoms with Crippen LogP contribution in [0.25, 0.3) is 11.2 Å². The molecule has 6 rings (SSSR count). The number of hydrogen-bond acceptors (Lipinski definition) is 14. The zero-order valence-corrected chi connectivity index (χ0v) is 24.3. The maximum absolute atomic E-state index is 13.4. The number of rotatable bonds is 7. The lowest BCUT2D eigenvalue weighted by Crippen LogP contribution is -2.44. The molecule has 5 heterocycles. The molecule has 3 fully saturated rings. The van der Waals surface area contributed by atoms with Crippen molar-refractivity contribution in [1.82, 2.24) is 23.8 Å². The normalized spacial score (nSPS) is 32.8. The lowest BCUT2D eigenvalue weighted by molar-refractivity contribution is -0.0953. The van der Waals surface area contributed by atoms with Gasteiger partial charge in [-0.25, -0.2) is 27.9 Å². The molecule has 0 amide bonds. The van der Waals surface area contributed by atoms with Crippen molar-refractivity contribution in [3.63, 3.8) is 0 Å². The Kier molecular flexibility index (Phi) is 7.84. The average molecular weight is 627 g/mol. The number of benzene rings is 1. The van der Waals surface area contributed by atoms with Crippen molar-refractivity contribution in [2.75, 3.05) is 45.3 Å². The van der Waals surface area contributed by atoms with E-state index in [2.05, 4.69) is 15.0 Å². The van der Waals surface area contributed by atoms with Crippen molar-refractivity contribution in [3.8, 4) is 0 Å². The van der Waals surface area contributed by atoms with Crippen LogP contribution in [0.2, 0.25) is 0 Å². The second kappa shape index (κ2) is 11.2. The number of sulfonamides is 1. The second-order valence-electron chi connectivity index (χ2n) is 10.3. The molecule has 2 unspecified atom stereocenters. The highest BCUT2D eigenvalue weighted by Crippen LogP contribution is 2.57. The third-order valence-electron chi connectivity index (χ3n) is 7.51. The number of imidazole rings is 1. The quantitative estimate of drug-likeness (QED) is 0.309. The van der Waals surface area contributed by atoms with Crippen molar-refractivity contribution in [2.24, 2.45) is 0 Å². The number of morpholine rings is 1. The molecule has 2 aromatic heterocycles.